The molecular weight excluding hydrogens is 238 g/mol. The zero-order valence-electron chi connectivity index (χ0n) is 11.7. The molecule has 19 heavy (non-hydrogen) atoms. The van der Waals surface area contributed by atoms with E-state index in [1.54, 1.807) is 18.5 Å². The van der Waals surface area contributed by atoms with E-state index in [1.807, 2.05) is 18.2 Å². The van der Waals surface area contributed by atoms with Crippen molar-refractivity contribution in [1.82, 2.24) is 4.57 Å². The molecule has 0 bridgehead atoms. The highest BCUT2D eigenvalue weighted by Crippen LogP contribution is 2.18. The fourth-order valence-corrected chi connectivity index (χ4v) is 2.48. The number of aromatic nitrogens is 1. The van der Waals surface area contributed by atoms with Crippen molar-refractivity contribution in [3.63, 3.8) is 0 Å². The van der Waals surface area contributed by atoms with Crippen LogP contribution in [-0.2, 0) is 24.7 Å². The molecule has 0 spiro atoms. The van der Waals surface area contributed by atoms with Gasteiger partial charge in [-0.25, -0.2) is 0 Å². The van der Waals surface area contributed by atoms with E-state index in [4.69, 9.17) is 0 Å². The summed E-state index contributed by atoms with van der Waals surface area (Å²) in [5.74, 6) is 0.115. The van der Waals surface area contributed by atoms with Crippen LogP contribution >= 0.6 is 0 Å². The van der Waals surface area contributed by atoms with Crippen LogP contribution < -0.4 is 5.56 Å². The number of pyridine rings is 1. The van der Waals surface area contributed by atoms with Crippen molar-refractivity contribution in [2.75, 3.05) is 0 Å². The van der Waals surface area contributed by atoms with E-state index in [1.165, 1.54) is 5.56 Å². The summed E-state index contributed by atoms with van der Waals surface area (Å²) in [4.78, 5) is 23.4. The second kappa shape index (κ2) is 5.39. The lowest BCUT2D eigenvalue weighted by atomic mass is 10.0. The third-order valence-corrected chi connectivity index (χ3v) is 3.52. The summed E-state index contributed by atoms with van der Waals surface area (Å²) >= 11 is 0. The van der Waals surface area contributed by atoms with Gasteiger partial charge in [0.05, 0.1) is 5.52 Å². The number of rotatable bonds is 4. The molecule has 0 saturated carbocycles. The highest BCUT2D eigenvalue weighted by molar-refractivity contribution is 5.83. The van der Waals surface area contributed by atoms with Gasteiger partial charge in [0.2, 0.25) is 0 Å². The molecule has 0 aliphatic rings. The number of Topliss-reactive ketones (excluding diaryl/α,β-unsaturated/α-hetero) is 1. The molecule has 3 heteroatoms. The van der Waals surface area contributed by atoms with Crippen molar-refractivity contribution in [3.8, 4) is 0 Å². The average Bonchev–Trinajstić information content (AvgIpc) is 2.40. The van der Waals surface area contributed by atoms with Gasteiger partial charge in [0.15, 0.2) is 0 Å². The fourth-order valence-electron chi connectivity index (χ4n) is 2.48. The van der Waals surface area contributed by atoms with Gasteiger partial charge in [-0.1, -0.05) is 25.1 Å². The molecule has 0 amide bonds. The Labute approximate surface area is 112 Å². The summed E-state index contributed by atoms with van der Waals surface area (Å²) in [5, 5.41) is 1.07. The average molecular weight is 257 g/mol. The number of benzene rings is 1. The SMILES string of the molecule is CCc1cccc2cc(CCC(C)=O)c(=O)n(C)c12. The Balaban J connectivity index is 2.62. The Morgan fingerprint density at radius 1 is 1.26 bits per heavy atom. The summed E-state index contributed by atoms with van der Waals surface area (Å²) in [6.07, 6.45) is 1.85. The van der Waals surface area contributed by atoms with E-state index >= 15 is 0 Å². The van der Waals surface area contributed by atoms with Gasteiger partial charge in [0.1, 0.15) is 5.78 Å². The maximum Gasteiger partial charge on any atom is 0.253 e. The first kappa shape index (κ1) is 13.5. The minimum absolute atomic E-state index is 0.00894. The maximum absolute atomic E-state index is 12.3. The number of hydrogen-bond acceptors (Lipinski definition) is 2. The second-order valence-electron chi connectivity index (χ2n) is 4.94. The van der Waals surface area contributed by atoms with Crippen molar-refractivity contribution in [1.29, 1.82) is 0 Å². The smallest absolute Gasteiger partial charge is 0.253 e. The number of carbonyl (C=O) groups is 1. The summed E-state index contributed by atoms with van der Waals surface area (Å²) < 4.78 is 1.71. The first-order valence-electron chi connectivity index (χ1n) is 6.64. The van der Waals surface area contributed by atoms with E-state index in [-0.39, 0.29) is 11.3 Å². The molecule has 2 rings (SSSR count). The molecule has 2 aromatic rings. The number of ketones is 1. The Bertz CT molecular complexity index is 683. The Morgan fingerprint density at radius 3 is 2.63 bits per heavy atom. The van der Waals surface area contributed by atoms with Crippen LogP contribution in [0.4, 0.5) is 0 Å². The molecule has 1 heterocycles. The molecule has 0 saturated heterocycles. The second-order valence-corrected chi connectivity index (χ2v) is 4.94. The summed E-state index contributed by atoms with van der Waals surface area (Å²) in [6.45, 7) is 3.64. The maximum atomic E-state index is 12.3. The number of carbonyl (C=O) groups excluding carboxylic acids is 1. The molecule has 0 unspecified atom stereocenters. The van der Waals surface area contributed by atoms with Gasteiger partial charge in [0.25, 0.3) is 5.56 Å². The molecular formula is C16H19NO2. The van der Waals surface area contributed by atoms with Gasteiger partial charge in [-0.2, -0.15) is 0 Å². The predicted octanol–water partition coefficient (Wildman–Crippen LogP) is 2.62. The third kappa shape index (κ3) is 2.60. The van der Waals surface area contributed by atoms with Crippen molar-refractivity contribution in [3.05, 3.63) is 45.7 Å². The quantitative estimate of drug-likeness (QED) is 0.844. The van der Waals surface area contributed by atoms with Crippen molar-refractivity contribution in [2.45, 2.75) is 33.1 Å². The summed E-state index contributed by atoms with van der Waals surface area (Å²) in [7, 11) is 1.81. The topological polar surface area (TPSA) is 39.1 Å². The highest BCUT2D eigenvalue weighted by Gasteiger charge is 2.09. The number of hydrogen-bond donors (Lipinski definition) is 0. The Morgan fingerprint density at radius 2 is 2.00 bits per heavy atom. The highest BCUT2D eigenvalue weighted by atomic mass is 16.1. The van der Waals surface area contributed by atoms with E-state index in [9.17, 15) is 9.59 Å². The van der Waals surface area contributed by atoms with Crippen molar-refractivity contribution >= 4 is 16.7 Å². The molecule has 0 aliphatic heterocycles. The molecule has 1 aromatic carbocycles. The van der Waals surface area contributed by atoms with Gasteiger partial charge in [-0.15, -0.1) is 0 Å². The monoisotopic (exact) mass is 257 g/mol. The van der Waals surface area contributed by atoms with E-state index in [2.05, 4.69) is 13.0 Å². The molecule has 0 atom stereocenters. The van der Waals surface area contributed by atoms with Crippen LogP contribution in [0.15, 0.2) is 29.1 Å². The number of aryl methyl sites for hydroxylation is 3. The van der Waals surface area contributed by atoms with E-state index in [0.717, 1.165) is 22.9 Å². The summed E-state index contributed by atoms with van der Waals surface area (Å²) in [5.41, 5.74) is 2.91. The number of fused-ring (bicyclic) bond motifs is 1. The lowest BCUT2D eigenvalue weighted by Crippen LogP contribution is -2.22. The summed E-state index contributed by atoms with van der Waals surface area (Å²) in [6, 6.07) is 8.02. The van der Waals surface area contributed by atoms with E-state index in [0.29, 0.717) is 12.8 Å². The van der Waals surface area contributed by atoms with Crippen LogP contribution in [-0.4, -0.2) is 10.4 Å². The lowest BCUT2D eigenvalue weighted by Gasteiger charge is -2.11. The fraction of sp³-hybridized carbons (Fsp3) is 0.375. The van der Waals surface area contributed by atoms with Crippen LogP contribution in [0.25, 0.3) is 10.9 Å². The zero-order valence-corrected chi connectivity index (χ0v) is 11.7. The first-order valence-corrected chi connectivity index (χ1v) is 6.64. The number of para-hydroxylation sites is 1. The van der Waals surface area contributed by atoms with Crippen LogP contribution in [0.5, 0.6) is 0 Å². The molecule has 1 aromatic heterocycles. The molecule has 0 fully saturated rings. The van der Waals surface area contributed by atoms with E-state index < -0.39 is 0 Å². The molecule has 100 valence electrons. The Kier molecular flexibility index (Phi) is 3.84. The third-order valence-electron chi connectivity index (χ3n) is 3.52. The van der Waals surface area contributed by atoms with Gasteiger partial charge in [-0.05, 0) is 36.8 Å². The predicted molar refractivity (Wildman–Crippen MR) is 77.6 cm³/mol. The molecule has 3 nitrogen and oxygen atoms in total. The van der Waals surface area contributed by atoms with Crippen molar-refractivity contribution in [2.24, 2.45) is 7.05 Å². The first-order chi connectivity index (χ1) is 9.04. The normalized spacial score (nSPS) is 10.9. The minimum Gasteiger partial charge on any atom is -0.311 e. The van der Waals surface area contributed by atoms with Crippen LogP contribution in [0.3, 0.4) is 0 Å². The molecule has 0 radical (unpaired) electrons. The zero-order chi connectivity index (χ0) is 14.0. The standard InChI is InChI=1S/C16H19NO2/c1-4-12-6-5-7-13-10-14(9-8-11(2)18)16(19)17(3)15(12)13/h5-7,10H,4,8-9H2,1-3H3. The molecule has 0 aliphatic carbocycles. The molecule has 0 N–H and O–H groups in total. The van der Waals surface area contributed by atoms with Gasteiger partial charge in [-0.3, -0.25) is 4.79 Å². The minimum atomic E-state index is 0.00894. The van der Waals surface area contributed by atoms with Gasteiger partial charge in [0, 0.05) is 19.0 Å². The van der Waals surface area contributed by atoms with Crippen LogP contribution in [0.2, 0.25) is 0 Å². The van der Waals surface area contributed by atoms with Gasteiger partial charge < -0.3 is 9.36 Å². The van der Waals surface area contributed by atoms with Crippen LogP contribution in [0, 0.1) is 0 Å². The van der Waals surface area contributed by atoms with Crippen LogP contribution in [0.1, 0.15) is 31.4 Å². The Hall–Kier alpha value is -1.90. The lowest BCUT2D eigenvalue weighted by molar-refractivity contribution is -0.116. The van der Waals surface area contributed by atoms with Crippen molar-refractivity contribution < 1.29 is 4.79 Å². The van der Waals surface area contributed by atoms with Gasteiger partial charge >= 0.3 is 0 Å². The largest absolute Gasteiger partial charge is 0.311 e. The number of nitrogens with zero attached hydrogens (tertiary/aromatic N) is 1.